The number of hydrogen-bond donors (Lipinski definition) is 0. The van der Waals surface area contributed by atoms with E-state index in [2.05, 4.69) is 26.7 Å². The number of methoxy groups -OCH3 is 1. The molecule has 4 rings (SSSR count). The highest BCUT2D eigenvalue weighted by atomic mass is 35.5. The second-order valence-electron chi connectivity index (χ2n) is 6.26. The lowest BCUT2D eigenvalue weighted by Crippen LogP contribution is -2.38. The molecule has 3 aromatic rings. The Bertz CT molecular complexity index is 992. The van der Waals surface area contributed by atoms with E-state index in [0.717, 1.165) is 38.4 Å². The highest BCUT2D eigenvalue weighted by Crippen LogP contribution is 2.33. The predicted molar refractivity (Wildman–Crippen MR) is 111 cm³/mol. The summed E-state index contributed by atoms with van der Waals surface area (Å²) in [7, 11) is 1.60. The lowest BCUT2D eigenvalue weighted by molar-refractivity contribution is 0.0323. The van der Waals surface area contributed by atoms with E-state index in [1.807, 2.05) is 24.3 Å². The number of rotatable bonds is 5. The van der Waals surface area contributed by atoms with E-state index in [1.54, 1.807) is 19.5 Å². The molecular formula is C21H22ClN3O4. The molecule has 0 atom stereocenters. The molecule has 1 aliphatic rings. The van der Waals surface area contributed by atoms with Crippen molar-refractivity contribution in [2.75, 3.05) is 46.6 Å². The number of halogens is 1. The van der Waals surface area contributed by atoms with Crippen molar-refractivity contribution in [1.29, 1.82) is 0 Å². The summed E-state index contributed by atoms with van der Waals surface area (Å²) in [6, 6.07) is 7.38. The van der Waals surface area contributed by atoms with E-state index in [0.29, 0.717) is 35.1 Å². The Labute approximate surface area is 175 Å². The summed E-state index contributed by atoms with van der Waals surface area (Å²) in [5.41, 5.74) is 1.93. The number of oxazole rings is 1. The minimum Gasteiger partial charge on any atom is -0.494 e. The molecular weight excluding hydrogens is 394 g/mol. The van der Waals surface area contributed by atoms with Gasteiger partial charge < -0.3 is 18.6 Å². The summed E-state index contributed by atoms with van der Waals surface area (Å²) in [6.07, 6.45) is 3.40. The summed E-state index contributed by atoms with van der Waals surface area (Å²) in [5, 5.41) is 0. The Morgan fingerprint density at radius 3 is 2.72 bits per heavy atom. The van der Waals surface area contributed by atoms with Crippen LogP contribution in [0.4, 0.5) is 0 Å². The van der Waals surface area contributed by atoms with Gasteiger partial charge in [0.25, 0.3) is 5.89 Å². The van der Waals surface area contributed by atoms with Crippen LogP contribution in [-0.2, 0) is 4.74 Å². The molecule has 7 nitrogen and oxygen atoms in total. The molecule has 2 aromatic heterocycles. The van der Waals surface area contributed by atoms with Gasteiger partial charge in [-0.05, 0) is 30.2 Å². The van der Waals surface area contributed by atoms with Gasteiger partial charge in [-0.2, -0.15) is 4.98 Å². The maximum Gasteiger partial charge on any atom is 0.274 e. The van der Waals surface area contributed by atoms with Crippen LogP contribution >= 0.6 is 12.4 Å². The van der Waals surface area contributed by atoms with Crippen molar-refractivity contribution in [2.45, 2.75) is 0 Å². The molecule has 0 aliphatic carbocycles. The van der Waals surface area contributed by atoms with Crippen molar-refractivity contribution in [1.82, 2.24) is 14.9 Å². The van der Waals surface area contributed by atoms with Gasteiger partial charge in [-0.1, -0.05) is 5.92 Å². The van der Waals surface area contributed by atoms with Gasteiger partial charge in [0, 0.05) is 37.6 Å². The summed E-state index contributed by atoms with van der Waals surface area (Å²) in [5.74, 6) is 7.49. The monoisotopic (exact) mass is 415 g/mol. The average molecular weight is 416 g/mol. The van der Waals surface area contributed by atoms with Crippen molar-refractivity contribution < 1.29 is 18.6 Å². The van der Waals surface area contributed by atoms with Crippen LogP contribution in [0.15, 0.2) is 41.1 Å². The third-order valence-electron chi connectivity index (χ3n) is 4.43. The van der Waals surface area contributed by atoms with Crippen molar-refractivity contribution in [3.05, 3.63) is 48.1 Å². The fourth-order valence-electron chi connectivity index (χ4n) is 2.96. The van der Waals surface area contributed by atoms with Crippen LogP contribution in [0.1, 0.15) is 11.5 Å². The minimum absolute atomic E-state index is 0. The number of ether oxygens (including phenoxy) is 3. The number of benzene rings is 1. The molecule has 0 spiro atoms. The third-order valence-corrected chi connectivity index (χ3v) is 4.43. The smallest absolute Gasteiger partial charge is 0.274 e. The Morgan fingerprint density at radius 2 is 1.97 bits per heavy atom. The Kier molecular flexibility index (Phi) is 7.30. The van der Waals surface area contributed by atoms with E-state index in [9.17, 15) is 0 Å². The van der Waals surface area contributed by atoms with E-state index in [4.69, 9.17) is 18.6 Å². The fourth-order valence-corrected chi connectivity index (χ4v) is 2.96. The van der Waals surface area contributed by atoms with E-state index in [-0.39, 0.29) is 12.4 Å². The van der Waals surface area contributed by atoms with Crippen molar-refractivity contribution in [3.63, 3.8) is 0 Å². The van der Waals surface area contributed by atoms with Crippen LogP contribution in [0, 0.1) is 11.8 Å². The van der Waals surface area contributed by atoms with Crippen molar-refractivity contribution in [2.24, 2.45) is 0 Å². The van der Waals surface area contributed by atoms with Gasteiger partial charge in [-0.3, -0.25) is 9.88 Å². The second kappa shape index (κ2) is 10.1. The maximum absolute atomic E-state index is 5.97. The van der Waals surface area contributed by atoms with Gasteiger partial charge >= 0.3 is 0 Å². The second-order valence-corrected chi connectivity index (χ2v) is 6.26. The summed E-state index contributed by atoms with van der Waals surface area (Å²) in [6.45, 7) is 4.79. The van der Waals surface area contributed by atoms with Crippen LogP contribution in [-0.4, -0.2) is 61.4 Å². The zero-order valence-corrected chi connectivity index (χ0v) is 16.9. The molecule has 1 fully saturated rings. The third kappa shape index (κ3) is 5.18. The molecule has 0 N–H and O–H groups in total. The molecule has 0 unspecified atom stereocenters. The first-order valence-corrected chi connectivity index (χ1v) is 9.16. The number of fused-ring (bicyclic) bond motifs is 1. The van der Waals surface area contributed by atoms with Crippen molar-refractivity contribution >= 4 is 23.5 Å². The molecule has 1 aromatic carbocycles. The van der Waals surface area contributed by atoms with Gasteiger partial charge in [0.2, 0.25) is 5.58 Å². The van der Waals surface area contributed by atoms with Gasteiger partial charge in [0.05, 0.1) is 20.3 Å². The predicted octanol–water partition coefficient (Wildman–Crippen LogP) is 2.76. The van der Waals surface area contributed by atoms with Crippen LogP contribution < -0.4 is 9.47 Å². The van der Waals surface area contributed by atoms with Crippen LogP contribution in [0.3, 0.4) is 0 Å². The first kappa shape index (κ1) is 20.9. The molecule has 3 heterocycles. The zero-order chi connectivity index (χ0) is 19.2. The highest BCUT2D eigenvalue weighted by Gasteiger charge is 2.16. The summed E-state index contributed by atoms with van der Waals surface area (Å²) in [4.78, 5) is 10.8. The van der Waals surface area contributed by atoms with Gasteiger partial charge in [0.1, 0.15) is 12.4 Å². The molecule has 1 saturated heterocycles. The minimum atomic E-state index is 0. The average Bonchev–Trinajstić information content (AvgIpc) is 3.18. The highest BCUT2D eigenvalue weighted by molar-refractivity contribution is 5.86. The largest absolute Gasteiger partial charge is 0.494 e. The number of nitrogens with zero attached hydrogens (tertiary/aromatic N) is 3. The molecule has 0 saturated carbocycles. The van der Waals surface area contributed by atoms with E-state index in [1.165, 1.54) is 0 Å². The fraction of sp³-hybridized carbons (Fsp3) is 0.333. The number of hydrogen-bond acceptors (Lipinski definition) is 7. The molecule has 0 amide bonds. The Hall–Kier alpha value is -2.79. The van der Waals surface area contributed by atoms with E-state index < -0.39 is 0 Å². The first-order valence-electron chi connectivity index (χ1n) is 9.16. The maximum atomic E-state index is 5.97. The van der Waals surface area contributed by atoms with E-state index >= 15 is 0 Å². The quantitative estimate of drug-likeness (QED) is 0.593. The topological polar surface area (TPSA) is 69.9 Å². The van der Waals surface area contributed by atoms with Gasteiger partial charge in [-0.15, -0.1) is 12.4 Å². The zero-order valence-electron chi connectivity index (χ0n) is 16.1. The van der Waals surface area contributed by atoms with Gasteiger partial charge in [-0.25, -0.2) is 0 Å². The van der Waals surface area contributed by atoms with Crippen molar-refractivity contribution in [3.8, 4) is 23.3 Å². The number of aromatic nitrogens is 2. The lowest BCUT2D eigenvalue weighted by atomic mass is 10.3. The Balaban J connectivity index is 0.00000240. The van der Waals surface area contributed by atoms with Crippen LogP contribution in [0.2, 0.25) is 0 Å². The summed E-state index contributed by atoms with van der Waals surface area (Å²) >= 11 is 0. The molecule has 29 heavy (non-hydrogen) atoms. The molecule has 8 heteroatoms. The number of pyridine rings is 1. The summed E-state index contributed by atoms with van der Waals surface area (Å²) < 4.78 is 22.6. The molecule has 0 radical (unpaired) electrons. The standard InChI is InChI=1S/C21H21N3O4.ClH/c1-25-17-5-6-18(27-14-11-24-9-12-26-13-10-24)21-20(17)23-19(28-21)7-4-16-3-2-8-22-15-16;/h2-3,5-6,8,15H,9-14H2,1H3;1H. The van der Waals surface area contributed by atoms with Gasteiger partial charge in [0.15, 0.2) is 11.3 Å². The lowest BCUT2D eigenvalue weighted by Gasteiger charge is -2.26. The molecule has 152 valence electrons. The molecule has 1 aliphatic heterocycles. The number of morpholine rings is 1. The van der Waals surface area contributed by atoms with Crippen LogP contribution in [0.25, 0.3) is 11.1 Å². The normalized spacial score (nSPS) is 14.0. The Morgan fingerprint density at radius 1 is 1.14 bits per heavy atom. The first-order chi connectivity index (χ1) is 13.8. The SMILES string of the molecule is COc1ccc(OCCN2CCOCC2)c2oc(C#Cc3cccnc3)nc12.Cl. The molecule has 0 bridgehead atoms. The van der Waals surface area contributed by atoms with Crippen LogP contribution in [0.5, 0.6) is 11.5 Å².